The molecule has 0 bridgehead atoms. The van der Waals surface area contributed by atoms with Gasteiger partial charge in [-0.25, -0.2) is 0 Å². The average Bonchev–Trinajstić information content (AvgIpc) is 2.75. The fourth-order valence-corrected chi connectivity index (χ4v) is 3.32. The summed E-state index contributed by atoms with van der Waals surface area (Å²) in [7, 11) is 0. The Kier molecular flexibility index (Phi) is 11.9. The second kappa shape index (κ2) is 12.3. The maximum absolute atomic E-state index is 14.6. The molecular weight excluding hydrogens is 681 g/mol. The standard InChI is InChI=1S/C20H23F19O3S/c1-10(2,13(23,24)15(27,28)16(29,30)17(31,32)18(33,34)19(35,36)37)42-20(38,39)14(25,26)11(3,4)41-12(21,22)9-40-7-6-8-43-5/h6-9H2,1-5H3. The minimum Gasteiger partial charge on any atom is -0.372 e. The summed E-state index contributed by atoms with van der Waals surface area (Å²) >= 11 is 1.23. The Morgan fingerprint density at radius 2 is 0.860 bits per heavy atom. The zero-order valence-corrected chi connectivity index (χ0v) is 23.0. The molecule has 0 aromatic rings. The van der Waals surface area contributed by atoms with E-state index in [0.29, 0.717) is 5.75 Å². The summed E-state index contributed by atoms with van der Waals surface area (Å²) in [5.74, 6) is -46.5. The van der Waals surface area contributed by atoms with E-state index in [1.165, 1.54) is 11.8 Å². The minimum atomic E-state index is -8.44. The molecule has 0 heterocycles. The zero-order chi connectivity index (χ0) is 35.2. The van der Waals surface area contributed by atoms with Gasteiger partial charge in [-0.15, -0.1) is 0 Å². The van der Waals surface area contributed by atoms with Crippen LogP contribution in [0.3, 0.4) is 0 Å². The van der Waals surface area contributed by atoms with Crippen LogP contribution in [0.15, 0.2) is 0 Å². The van der Waals surface area contributed by atoms with E-state index in [1.54, 1.807) is 6.26 Å². The lowest BCUT2D eigenvalue weighted by Crippen LogP contribution is -2.74. The highest BCUT2D eigenvalue weighted by Crippen LogP contribution is 2.63. The molecule has 0 aromatic carbocycles. The smallest absolute Gasteiger partial charge is 0.372 e. The van der Waals surface area contributed by atoms with Gasteiger partial charge in [-0.2, -0.15) is 95.2 Å². The topological polar surface area (TPSA) is 27.7 Å². The number of rotatable bonds is 17. The van der Waals surface area contributed by atoms with Crippen molar-refractivity contribution in [3.8, 4) is 0 Å². The SMILES string of the molecule is CSCCCOCC(F)(F)OC(C)(C)C(F)(F)C(F)(F)OC(C)(C)C(F)(F)C(F)(F)C(F)(F)C(F)(F)C(F)(F)C(F)(F)F. The van der Waals surface area contributed by atoms with Crippen LogP contribution in [0.25, 0.3) is 0 Å². The first kappa shape index (κ1) is 41.9. The summed E-state index contributed by atoms with van der Waals surface area (Å²) in [5, 5.41) is 0. The van der Waals surface area contributed by atoms with Gasteiger partial charge in [-0.3, -0.25) is 0 Å². The van der Waals surface area contributed by atoms with Crippen LogP contribution in [-0.2, 0) is 14.2 Å². The normalized spacial score (nSPS) is 16.2. The van der Waals surface area contributed by atoms with Gasteiger partial charge in [0.2, 0.25) is 0 Å². The van der Waals surface area contributed by atoms with E-state index in [1.807, 2.05) is 0 Å². The highest BCUT2D eigenvalue weighted by atomic mass is 32.2. The molecule has 0 rings (SSSR count). The van der Waals surface area contributed by atoms with Gasteiger partial charge in [-0.1, -0.05) is 0 Å². The molecule has 0 unspecified atom stereocenters. The van der Waals surface area contributed by atoms with Crippen molar-refractivity contribution in [3.63, 3.8) is 0 Å². The van der Waals surface area contributed by atoms with Crippen LogP contribution >= 0.6 is 11.8 Å². The molecule has 260 valence electrons. The summed E-state index contributed by atoms with van der Waals surface area (Å²) in [6.07, 6.45) is -17.6. The Labute approximate surface area is 234 Å². The Hall–Kier alpha value is -1.10. The van der Waals surface area contributed by atoms with Gasteiger partial charge in [0.15, 0.2) is 0 Å². The molecule has 23 heteroatoms. The third-order valence-electron chi connectivity index (χ3n) is 5.51. The first-order valence-electron chi connectivity index (χ1n) is 11.0. The van der Waals surface area contributed by atoms with Crippen molar-refractivity contribution in [3.05, 3.63) is 0 Å². The summed E-state index contributed by atoms with van der Waals surface area (Å²) in [6.45, 7) is -4.49. The summed E-state index contributed by atoms with van der Waals surface area (Å²) in [4.78, 5) is 0. The van der Waals surface area contributed by atoms with Crippen LogP contribution in [0.5, 0.6) is 0 Å². The number of halogens is 19. The predicted octanol–water partition coefficient (Wildman–Crippen LogP) is 8.91. The molecule has 0 radical (unpaired) electrons. The molecule has 0 aromatic heterocycles. The van der Waals surface area contributed by atoms with Gasteiger partial charge >= 0.3 is 53.9 Å². The summed E-state index contributed by atoms with van der Waals surface area (Å²) < 4.78 is 271. The molecule has 0 atom stereocenters. The number of alkyl halides is 19. The Morgan fingerprint density at radius 1 is 0.488 bits per heavy atom. The van der Waals surface area contributed by atoms with Crippen molar-refractivity contribution in [2.24, 2.45) is 0 Å². The van der Waals surface area contributed by atoms with E-state index in [9.17, 15) is 83.4 Å². The van der Waals surface area contributed by atoms with Crippen molar-refractivity contribution >= 4 is 11.8 Å². The first-order valence-corrected chi connectivity index (χ1v) is 12.4. The molecule has 0 fully saturated rings. The third-order valence-corrected chi connectivity index (χ3v) is 6.20. The summed E-state index contributed by atoms with van der Waals surface area (Å²) in [6, 6.07) is 0. The lowest BCUT2D eigenvalue weighted by molar-refractivity contribution is -0.475. The molecule has 0 aliphatic rings. The van der Waals surface area contributed by atoms with Crippen molar-refractivity contribution in [1.29, 1.82) is 0 Å². The fraction of sp³-hybridized carbons (Fsp3) is 1.00. The number of ether oxygens (including phenoxy) is 3. The highest BCUT2D eigenvalue weighted by molar-refractivity contribution is 7.98. The molecule has 0 aliphatic heterocycles. The lowest BCUT2D eigenvalue weighted by Gasteiger charge is -2.46. The van der Waals surface area contributed by atoms with Crippen molar-refractivity contribution in [2.75, 3.05) is 25.2 Å². The van der Waals surface area contributed by atoms with Crippen LogP contribution in [0, 0.1) is 0 Å². The molecule has 0 aliphatic carbocycles. The maximum atomic E-state index is 14.6. The minimum absolute atomic E-state index is 0.134. The van der Waals surface area contributed by atoms with Gasteiger partial charge < -0.3 is 14.2 Å². The van der Waals surface area contributed by atoms with Crippen LogP contribution < -0.4 is 0 Å². The molecule has 0 N–H and O–H groups in total. The van der Waals surface area contributed by atoms with E-state index >= 15 is 0 Å². The first-order chi connectivity index (χ1) is 18.5. The van der Waals surface area contributed by atoms with Crippen molar-refractivity contribution in [2.45, 2.75) is 99.2 Å². The zero-order valence-electron chi connectivity index (χ0n) is 22.1. The third kappa shape index (κ3) is 7.49. The molecule has 0 saturated heterocycles. The van der Waals surface area contributed by atoms with Gasteiger partial charge in [0.1, 0.15) is 17.8 Å². The fourth-order valence-electron chi connectivity index (χ4n) is 2.91. The van der Waals surface area contributed by atoms with E-state index < -0.39 is 92.2 Å². The molecule has 0 spiro atoms. The second-order valence-corrected chi connectivity index (χ2v) is 10.7. The van der Waals surface area contributed by atoms with Crippen molar-refractivity contribution < 1.29 is 97.6 Å². The molecule has 0 saturated carbocycles. The average molecular weight is 704 g/mol. The lowest BCUT2D eigenvalue weighted by atomic mass is 9.86. The van der Waals surface area contributed by atoms with Crippen LogP contribution in [0.1, 0.15) is 34.1 Å². The predicted molar refractivity (Wildman–Crippen MR) is 110 cm³/mol. The molecule has 3 nitrogen and oxygen atoms in total. The van der Waals surface area contributed by atoms with Gasteiger partial charge in [0.25, 0.3) is 0 Å². The summed E-state index contributed by atoms with van der Waals surface area (Å²) in [5.41, 5.74) is -9.52. The van der Waals surface area contributed by atoms with E-state index in [-0.39, 0.29) is 20.3 Å². The van der Waals surface area contributed by atoms with Gasteiger partial charge in [0, 0.05) is 6.61 Å². The Balaban J connectivity index is 6.42. The molecular formula is C20H23F19O3S. The second-order valence-electron chi connectivity index (χ2n) is 9.72. The number of hydrogen-bond acceptors (Lipinski definition) is 4. The van der Waals surface area contributed by atoms with Gasteiger partial charge in [0.05, 0.1) is 0 Å². The van der Waals surface area contributed by atoms with E-state index in [2.05, 4.69) is 14.2 Å². The van der Waals surface area contributed by atoms with E-state index in [4.69, 9.17) is 0 Å². The number of hydrogen-bond donors (Lipinski definition) is 0. The van der Waals surface area contributed by atoms with E-state index in [0.717, 1.165) is 0 Å². The molecule has 0 amide bonds. The van der Waals surface area contributed by atoms with Gasteiger partial charge in [-0.05, 0) is 46.1 Å². The Morgan fingerprint density at radius 3 is 1.26 bits per heavy atom. The van der Waals surface area contributed by atoms with Crippen LogP contribution in [-0.4, -0.2) is 90.4 Å². The molecule has 43 heavy (non-hydrogen) atoms. The van der Waals surface area contributed by atoms with Crippen LogP contribution in [0.2, 0.25) is 0 Å². The quantitative estimate of drug-likeness (QED) is 0.112. The Bertz CT molecular complexity index is 931. The maximum Gasteiger partial charge on any atom is 0.460 e. The monoisotopic (exact) mass is 704 g/mol. The largest absolute Gasteiger partial charge is 0.460 e. The van der Waals surface area contributed by atoms with Crippen molar-refractivity contribution in [1.82, 2.24) is 0 Å². The van der Waals surface area contributed by atoms with Crippen LogP contribution in [0.4, 0.5) is 83.4 Å². The number of thioether (sulfide) groups is 1. The highest BCUT2D eigenvalue weighted by Gasteiger charge is 2.92.